The molecule has 19 heavy (non-hydrogen) atoms. The molecule has 0 aromatic heterocycles. The fraction of sp³-hybridized carbons (Fsp3) is 0.600. The molecular formula is C15H24ClFN2. The highest BCUT2D eigenvalue weighted by molar-refractivity contribution is 5.85. The molecule has 1 N–H and O–H groups in total. The van der Waals surface area contributed by atoms with Gasteiger partial charge in [-0.1, -0.05) is 17.7 Å². The van der Waals surface area contributed by atoms with Gasteiger partial charge in [-0.2, -0.15) is 0 Å². The van der Waals surface area contributed by atoms with E-state index in [0.29, 0.717) is 6.54 Å². The molecule has 0 atom stereocenters. The van der Waals surface area contributed by atoms with Crippen LogP contribution in [0.2, 0.25) is 0 Å². The first-order chi connectivity index (χ1) is 8.65. The van der Waals surface area contributed by atoms with Gasteiger partial charge >= 0.3 is 0 Å². The average molecular weight is 287 g/mol. The highest BCUT2D eigenvalue weighted by Crippen LogP contribution is 2.16. The molecule has 1 saturated heterocycles. The lowest BCUT2D eigenvalue weighted by Gasteiger charge is -2.27. The lowest BCUT2D eigenvalue weighted by atomic mass is 9.97. The third-order valence-corrected chi connectivity index (χ3v) is 3.67. The van der Waals surface area contributed by atoms with E-state index in [1.54, 1.807) is 6.07 Å². The van der Waals surface area contributed by atoms with E-state index < -0.39 is 0 Å². The average Bonchev–Trinajstić information content (AvgIpc) is 2.35. The summed E-state index contributed by atoms with van der Waals surface area (Å²) < 4.78 is 13.7. The van der Waals surface area contributed by atoms with Crippen LogP contribution in [0.15, 0.2) is 18.2 Å². The van der Waals surface area contributed by atoms with Gasteiger partial charge in [-0.05, 0) is 51.9 Å². The molecule has 108 valence electrons. The number of nitrogens with one attached hydrogen (secondary N) is 1. The minimum Gasteiger partial charge on any atom is -0.317 e. The highest BCUT2D eigenvalue weighted by atomic mass is 35.5. The van der Waals surface area contributed by atoms with Gasteiger partial charge in [0.2, 0.25) is 0 Å². The lowest BCUT2D eigenvalue weighted by Crippen LogP contribution is -2.34. The fourth-order valence-electron chi connectivity index (χ4n) is 2.69. The zero-order chi connectivity index (χ0) is 13.0. The van der Waals surface area contributed by atoms with Crippen molar-refractivity contribution in [2.45, 2.75) is 26.3 Å². The summed E-state index contributed by atoms with van der Waals surface area (Å²) >= 11 is 0. The highest BCUT2D eigenvalue weighted by Gasteiger charge is 2.15. The maximum Gasteiger partial charge on any atom is 0.127 e. The van der Waals surface area contributed by atoms with Gasteiger partial charge in [0.05, 0.1) is 0 Å². The van der Waals surface area contributed by atoms with E-state index in [4.69, 9.17) is 0 Å². The second kappa shape index (κ2) is 7.83. The number of piperidine rings is 1. The number of nitrogens with zero attached hydrogens (tertiary/aromatic N) is 1. The van der Waals surface area contributed by atoms with Crippen molar-refractivity contribution in [2.75, 3.05) is 26.7 Å². The Bertz CT molecular complexity index is 392. The summed E-state index contributed by atoms with van der Waals surface area (Å²) in [6, 6.07) is 5.35. The molecule has 0 aliphatic carbocycles. The summed E-state index contributed by atoms with van der Waals surface area (Å²) in [5.74, 6) is 0.668. The zero-order valence-corrected chi connectivity index (χ0v) is 12.6. The summed E-state index contributed by atoms with van der Waals surface area (Å²) in [6.07, 6.45) is 2.47. The summed E-state index contributed by atoms with van der Waals surface area (Å²) in [6.45, 7) is 6.02. The number of rotatable bonds is 4. The molecule has 2 nitrogen and oxygen atoms in total. The van der Waals surface area contributed by atoms with Crippen molar-refractivity contribution in [3.8, 4) is 0 Å². The van der Waals surface area contributed by atoms with Crippen LogP contribution in [0.3, 0.4) is 0 Å². The van der Waals surface area contributed by atoms with Crippen LogP contribution in [0.5, 0.6) is 0 Å². The molecule has 1 aromatic rings. The summed E-state index contributed by atoms with van der Waals surface area (Å²) in [5.41, 5.74) is 1.94. The largest absolute Gasteiger partial charge is 0.317 e. The number of hydrogen-bond donors (Lipinski definition) is 1. The van der Waals surface area contributed by atoms with Crippen molar-refractivity contribution in [1.29, 1.82) is 0 Å². The fourth-order valence-corrected chi connectivity index (χ4v) is 2.69. The Morgan fingerprint density at radius 1 is 1.32 bits per heavy atom. The smallest absolute Gasteiger partial charge is 0.127 e. The molecule has 1 heterocycles. The Hall–Kier alpha value is -0.640. The predicted molar refractivity (Wildman–Crippen MR) is 80.3 cm³/mol. The molecule has 1 aliphatic rings. The van der Waals surface area contributed by atoms with Gasteiger partial charge in [-0.3, -0.25) is 0 Å². The minimum absolute atomic E-state index is 0. The van der Waals surface area contributed by atoms with Crippen molar-refractivity contribution < 1.29 is 4.39 Å². The third-order valence-electron chi connectivity index (χ3n) is 3.67. The van der Waals surface area contributed by atoms with Crippen LogP contribution in [-0.2, 0) is 6.54 Å². The lowest BCUT2D eigenvalue weighted by molar-refractivity contribution is 0.232. The van der Waals surface area contributed by atoms with Crippen LogP contribution in [0.4, 0.5) is 4.39 Å². The summed E-state index contributed by atoms with van der Waals surface area (Å²) in [5, 5.41) is 3.38. The Morgan fingerprint density at radius 2 is 2.00 bits per heavy atom. The molecule has 0 radical (unpaired) electrons. The van der Waals surface area contributed by atoms with Crippen molar-refractivity contribution in [2.24, 2.45) is 5.92 Å². The molecule has 2 rings (SSSR count). The Labute approximate surface area is 121 Å². The van der Waals surface area contributed by atoms with Gasteiger partial charge in [0.1, 0.15) is 5.82 Å². The SMILES string of the molecule is Cc1ccc(F)c(CN(C)CC2CCNCC2)c1.Cl. The predicted octanol–water partition coefficient (Wildman–Crippen LogP) is 2.99. The molecular weight excluding hydrogens is 263 g/mol. The summed E-state index contributed by atoms with van der Waals surface area (Å²) in [4.78, 5) is 2.24. The maximum atomic E-state index is 13.7. The standard InChI is InChI=1S/C15H23FN2.ClH/c1-12-3-4-15(16)14(9-12)11-18(2)10-13-5-7-17-8-6-13;/h3-4,9,13,17H,5-8,10-11H2,1-2H3;1H. The molecule has 1 aromatic carbocycles. The normalized spacial score (nSPS) is 16.4. The topological polar surface area (TPSA) is 15.3 Å². The quantitative estimate of drug-likeness (QED) is 0.915. The Balaban J connectivity index is 0.00000180. The van der Waals surface area contributed by atoms with Crippen LogP contribution in [0.25, 0.3) is 0 Å². The first kappa shape index (κ1) is 16.4. The van der Waals surface area contributed by atoms with Gasteiger partial charge in [0.25, 0.3) is 0 Å². The number of halogens is 2. The van der Waals surface area contributed by atoms with Gasteiger partial charge in [-0.15, -0.1) is 12.4 Å². The molecule has 0 saturated carbocycles. The van der Waals surface area contributed by atoms with Crippen molar-refractivity contribution in [1.82, 2.24) is 10.2 Å². The molecule has 1 aliphatic heterocycles. The van der Waals surface area contributed by atoms with Gasteiger partial charge in [-0.25, -0.2) is 4.39 Å². The molecule has 0 bridgehead atoms. The van der Waals surface area contributed by atoms with E-state index in [2.05, 4.69) is 17.3 Å². The van der Waals surface area contributed by atoms with Crippen LogP contribution < -0.4 is 5.32 Å². The number of hydrogen-bond acceptors (Lipinski definition) is 2. The molecule has 0 amide bonds. The van der Waals surface area contributed by atoms with Gasteiger partial charge in [0, 0.05) is 18.7 Å². The molecule has 0 unspecified atom stereocenters. The van der Waals surface area contributed by atoms with E-state index >= 15 is 0 Å². The van der Waals surface area contributed by atoms with Crippen molar-refractivity contribution in [3.63, 3.8) is 0 Å². The first-order valence-electron chi connectivity index (χ1n) is 6.79. The Morgan fingerprint density at radius 3 is 2.68 bits per heavy atom. The van der Waals surface area contributed by atoms with E-state index in [-0.39, 0.29) is 18.2 Å². The minimum atomic E-state index is -0.0854. The zero-order valence-electron chi connectivity index (χ0n) is 11.8. The van der Waals surface area contributed by atoms with Crippen LogP contribution in [0, 0.1) is 18.7 Å². The Kier molecular flexibility index (Phi) is 6.76. The third kappa shape index (κ3) is 5.09. The van der Waals surface area contributed by atoms with E-state index in [1.165, 1.54) is 12.8 Å². The van der Waals surface area contributed by atoms with Crippen molar-refractivity contribution in [3.05, 3.63) is 35.1 Å². The maximum absolute atomic E-state index is 13.7. The van der Waals surface area contributed by atoms with E-state index in [0.717, 1.165) is 36.7 Å². The van der Waals surface area contributed by atoms with E-state index in [9.17, 15) is 4.39 Å². The number of aryl methyl sites for hydroxylation is 1. The van der Waals surface area contributed by atoms with Crippen LogP contribution in [-0.4, -0.2) is 31.6 Å². The van der Waals surface area contributed by atoms with Gasteiger partial charge in [0.15, 0.2) is 0 Å². The molecule has 1 fully saturated rings. The number of benzene rings is 1. The van der Waals surface area contributed by atoms with Crippen LogP contribution >= 0.6 is 12.4 Å². The second-order valence-corrected chi connectivity index (χ2v) is 5.48. The second-order valence-electron chi connectivity index (χ2n) is 5.48. The molecule has 4 heteroatoms. The van der Waals surface area contributed by atoms with Crippen LogP contribution in [0.1, 0.15) is 24.0 Å². The summed E-state index contributed by atoms with van der Waals surface area (Å²) in [7, 11) is 2.09. The first-order valence-corrected chi connectivity index (χ1v) is 6.79. The van der Waals surface area contributed by atoms with E-state index in [1.807, 2.05) is 19.1 Å². The molecule has 0 spiro atoms. The van der Waals surface area contributed by atoms with Crippen molar-refractivity contribution >= 4 is 12.4 Å². The monoisotopic (exact) mass is 286 g/mol. The van der Waals surface area contributed by atoms with Gasteiger partial charge < -0.3 is 10.2 Å².